The van der Waals surface area contributed by atoms with Gasteiger partial charge in [-0.2, -0.15) is 0 Å². The Labute approximate surface area is 111 Å². The first-order valence-electron chi connectivity index (χ1n) is 8.06. The third kappa shape index (κ3) is 2.49. The number of hydrogen-bond donors (Lipinski definition) is 0. The van der Waals surface area contributed by atoms with Crippen molar-refractivity contribution in [2.24, 2.45) is 5.41 Å². The maximum absolute atomic E-state index is 12.0. The van der Waals surface area contributed by atoms with Crippen molar-refractivity contribution in [1.82, 2.24) is 4.90 Å². The molecule has 2 nitrogen and oxygen atoms in total. The number of likely N-dealkylation sites (tertiary alicyclic amines) is 1. The van der Waals surface area contributed by atoms with Crippen LogP contribution in [0.25, 0.3) is 0 Å². The molecule has 2 heteroatoms. The summed E-state index contributed by atoms with van der Waals surface area (Å²) in [5.41, 5.74) is 0.673. The van der Waals surface area contributed by atoms with Gasteiger partial charge in [-0.15, -0.1) is 0 Å². The number of nitrogens with zero attached hydrogens (tertiary/aromatic N) is 1. The van der Waals surface area contributed by atoms with E-state index in [0.29, 0.717) is 17.2 Å². The van der Waals surface area contributed by atoms with Gasteiger partial charge in [0.2, 0.25) is 0 Å². The maximum Gasteiger partial charge on any atom is 0.149 e. The summed E-state index contributed by atoms with van der Waals surface area (Å²) in [6.45, 7) is 2.38. The van der Waals surface area contributed by atoms with E-state index in [9.17, 15) is 4.79 Å². The van der Waals surface area contributed by atoms with Crippen LogP contribution in [0.4, 0.5) is 0 Å². The minimum Gasteiger partial charge on any atom is -0.298 e. The molecule has 1 heterocycles. The Hall–Kier alpha value is -0.370. The second kappa shape index (κ2) is 5.32. The summed E-state index contributed by atoms with van der Waals surface area (Å²) in [6.07, 6.45) is 14.3. The van der Waals surface area contributed by atoms with Crippen molar-refractivity contribution < 1.29 is 4.79 Å². The van der Waals surface area contributed by atoms with Gasteiger partial charge in [0.15, 0.2) is 0 Å². The predicted molar refractivity (Wildman–Crippen MR) is 73.6 cm³/mol. The molecule has 1 saturated heterocycles. The topological polar surface area (TPSA) is 20.3 Å². The van der Waals surface area contributed by atoms with Gasteiger partial charge in [-0.05, 0) is 57.0 Å². The molecular weight excluding hydrogens is 222 g/mol. The Morgan fingerprint density at radius 3 is 2.28 bits per heavy atom. The van der Waals surface area contributed by atoms with Crippen molar-refractivity contribution in [1.29, 1.82) is 0 Å². The highest BCUT2D eigenvalue weighted by molar-refractivity contribution is 5.84. The standard InChI is InChI=1S/C16H27NO/c18-15-7-3-2-6-14(15)17-12-10-16(11-13-17)8-4-1-5-9-16/h14H,1-13H2. The van der Waals surface area contributed by atoms with Crippen LogP contribution in [0.3, 0.4) is 0 Å². The van der Waals surface area contributed by atoms with Crippen LogP contribution in [-0.2, 0) is 4.79 Å². The Morgan fingerprint density at radius 1 is 0.889 bits per heavy atom. The second-order valence-corrected chi connectivity index (χ2v) is 6.82. The fourth-order valence-corrected chi connectivity index (χ4v) is 4.46. The summed E-state index contributed by atoms with van der Waals surface area (Å²) in [5.74, 6) is 0.529. The molecule has 1 unspecified atom stereocenters. The van der Waals surface area contributed by atoms with Gasteiger partial charge < -0.3 is 0 Å². The van der Waals surface area contributed by atoms with Crippen LogP contribution < -0.4 is 0 Å². The first-order valence-corrected chi connectivity index (χ1v) is 8.06. The van der Waals surface area contributed by atoms with Gasteiger partial charge >= 0.3 is 0 Å². The van der Waals surface area contributed by atoms with Crippen LogP contribution in [0.15, 0.2) is 0 Å². The predicted octanol–water partition coefficient (Wildman–Crippen LogP) is 3.54. The molecule has 0 aromatic rings. The molecule has 0 amide bonds. The summed E-state index contributed by atoms with van der Waals surface area (Å²) >= 11 is 0. The third-order valence-electron chi connectivity index (χ3n) is 5.74. The Balaban J connectivity index is 1.57. The fourth-order valence-electron chi connectivity index (χ4n) is 4.46. The SMILES string of the molecule is O=C1CCCCC1N1CCC2(CCCCC2)CC1. The molecule has 2 aliphatic carbocycles. The average Bonchev–Trinajstić information content (AvgIpc) is 2.42. The molecule has 2 saturated carbocycles. The molecule has 102 valence electrons. The number of ketones is 1. The summed E-state index contributed by atoms with van der Waals surface area (Å²) in [4.78, 5) is 14.5. The van der Waals surface area contributed by atoms with Crippen molar-refractivity contribution in [2.45, 2.75) is 76.7 Å². The summed E-state index contributed by atoms with van der Waals surface area (Å²) in [6, 6.07) is 0.291. The molecule has 18 heavy (non-hydrogen) atoms. The number of rotatable bonds is 1. The monoisotopic (exact) mass is 249 g/mol. The van der Waals surface area contributed by atoms with E-state index in [-0.39, 0.29) is 0 Å². The molecule has 3 fully saturated rings. The summed E-state index contributed by atoms with van der Waals surface area (Å²) in [7, 11) is 0. The van der Waals surface area contributed by atoms with Crippen molar-refractivity contribution in [3.63, 3.8) is 0 Å². The van der Waals surface area contributed by atoms with E-state index in [2.05, 4.69) is 4.90 Å². The smallest absolute Gasteiger partial charge is 0.149 e. The largest absolute Gasteiger partial charge is 0.298 e. The van der Waals surface area contributed by atoms with Crippen molar-refractivity contribution in [3.8, 4) is 0 Å². The average molecular weight is 249 g/mol. The summed E-state index contributed by atoms with van der Waals surface area (Å²) in [5, 5.41) is 0. The number of piperidine rings is 1. The fraction of sp³-hybridized carbons (Fsp3) is 0.938. The maximum atomic E-state index is 12.0. The zero-order valence-electron chi connectivity index (χ0n) is 11.6. The third-order valence-corrected chi connectivity index (χ3v) is 5.74. The van der Waals surface area contributed by atoms with Crippen molar-refractivity contribution >= 4 is 5.78 Å². The zero-order chi connectivity index (χ0) is 12.4. The minimum absolute atomic E-state index is 0.291. The molecule has 0 aromatic heterocycles. The van der Waals surface area contributed by atoms with Crippen LogP contribution in [0.2, 0.25) is 0 Å². The van der Waals surface area contributed by atoms with Gasteiger partial charge in [0.1, 0.15) is 5.78 Å². The minimum atomic E-state index is 0.291. The number of carbonyl (C=O) groups excluding carboxylic acids is 1. The van der Waals surface area contributed by atoms with Crippen LogP contribution >= 0.6 is 0 Å². The lowest BCUT2D eigenvalue weighted by molar-refractivity contribution is -0.127. The number of Topliss-reactive ketones (excluding diaryl/α,β-unsaturated/α-hetero) is 1. The normalized spacial score (nSPS) is 33.8. The van der Waals surface area contributed by atoms with Gasteiger partial charge in [-0.3, -0.25) is 9.69 Å². The van der Waals surface area contributed by atoms with Crippen LogP contribution in [0, 0.1) is 5.41 Å². The van der Waals surface area contributed by atoms with E-state index in [4.69, 9.17) is 0 Å². The Bertz CT molecular complexity index is 296. The highest BCUT2D eigenvalue weighted by Crippen LogP contribution is 2.45. The van der Waals surface area contributed by atoms with E-state index in [1.807, 2.05) is 0 Å². The van der Waals surface area contributed by atoms with Crippen LogP contribution in [0.1, 0.15) is 70.6 Å². The first kappa shape index (κ1) is 12.7. The highest BCUT2D eigenvalue weighted by Gasteiger charge is 2.38. The van der Waals surface area contributed by atoms with Gasteiger partial charge in [-0.25, -0.2) is 0 Å². The lowest BCUT2D eigenvalue weighted by Gasteiger charge is -2.46. The lowest BCUT2D eigenvalue weighted by atomic mass is 9.68. The molecule has 0 aromatic carbocycles. The van der Waals surface area contributed by atoms with Crippen molar-refractivity contribution in [2.75, 3.05) is 13.1 Å². The molecule has 3 rings (SSSR count). The van der Waals surface area contributed by atoms with Gasteiger partial charge in [0.05, 0.1) is 6.04 Å². The molecule has 1 spiro atoms. The number of hydrogen-bond acceptors (Lipinski definition) is 2. The van der Waals surface area contributed by atoms with Gasteiger partial charge in [0.25, 0.3) is 0 Å². The van der Waals surface area contributed by atoms with E-state index in [1.165, 1.54) is 64.5 Å². The lowest BCUT2D eigenvalue weighted by Crippen LogP contribution is -2.49. The second-order valence-electron chi connectivity index (χ2n) is 6.82. The van der Waals surface area contributed by atoms with Crippen molar-refractivity contribution in [3.05, 3.63) is 0 Å². The molecule has 1 atom stereocenters. The quantitative estimate of drug-likeness (QED) is 0.708. The summed E-state index contributed by atoms with van der Waals surface area (Å²) < 4.78 is 0. The Kier molecular flexibility index (Phi) is 3.74. The molecule has 0 N–H and O–H groups in total. The molecule has 1 aliphatic heterocycles. The molecule has 0 radical (unpaired) electrons. The van der Waals surface area contributed by atoms with E-state index < -0.39 is 0 Å². The van der Waals surface area contributed by atoms with Gasteiger partial charge in [-0.1, -0.05) is 25.7 Å². The van der Waals surface area contributed by atoms with Crippen LogP contribution in [0.5, 0.6) is 0 Å². The van der Waals surface area contributed by atoms with Gasteiger partial charge in [0, 0.05) is 6.42 Å². The van der Waals surface area contributed by atoms with E-state index in [1.54, 1.807) is 0 Å². The first-order chi connectivity index (χ1) is 8.79. The molecule has 3 aliphatic rings. The molecular formula is C16H27NO. The molecule has 0 bridgehead atoms. The number of carbonyl (C=O) groups is 1. The van der Waals surface area contributed by atoms with E-state index in [0.717, 1.165) is 19.3 Å². The highest BCUT2D eigenvalue weighted by atomic mass is 16.1. The Morgan fingerprint density at radius 2 is 1.61 bits per heavy atom. The zero-order valence-corrected chi connectivity index (χ0v) is 11.6. The van der Waals surface area contributed by atoms with Crippen LogP contribution in [-0.4, -0.2) is 29.8 Å². The van der Waals surface area contributed by atoms with E-state index >= 15 is 0 Å².